The van der Waals surface area contributed by atoms with Gasteiger partial charge in [-0.1, -0.05) is 0 Å². The molecule has 7 heteroatoms. The number of pyridine rings is 1. The van der Waals surface area contributed by atoms with E-state index in [1.54, 1.807) is 0 Å². The first-order valence-electron chi connectivity index (χ1n) is 7.18. The first-order chi connectivity index (χ1) is 11.2. The lowest BCUT2D eigenvalue weighted by Gasteiger charge is -2.11. The van der Waals surface area contributed by atoms with E-state index < -0.39 is 0 Å². The summed E-state index contributed by atoms with van der Waals surface area (Å²) < 4.78 is 5.73. The molecule has 0 aliphatic rings. The molecule has 0 radical (unpaired) electrons. The second kappa shape index (κ2) is 6.28. The molecule has 3 aromatic heterocycles. The molecule has 23 heavy (non-hydrogen) atoms. The van der Waals surface area contributed by atoms with Crippen LogP contribution in [-0.2, 0) is 0 Å². The number of fused-ring (bicyclic) bond motifs is 1. The third-order valence-electron chi connectivity index (χ3n) is 3.48. The van der Waals surface area contributed by atoms with E-state index in [4.69, 9.17) is 15.3 Å². The number of hydrogen-bond acceptors (Lipinski definition) is 7. The van der Waals surface area contributed by atoms with Crippen molar-refractivity contribution in [2.24, 2.45) is 0 Å². The lowest BCUT2D eigenvalue weighted by Crippen LogP contribution is -2.07. The SMILES string of the molecule is Cc1ccc(-c2c(C#N)c(NCCCO)nc3scc(N)c23)o1. The van der Waals surface area contributed by atoms with Gasteiger partial charge < -0.3 is 20.6 Å². The highest BCUT2D eigenvalue weighted by Gasteiger charge is 2.21. The minimum absolute atomic E-state index is 0.0767. The summed E-state index contributed by atoms with van der Waals surface area (Å²) in [5, 5.41) is 24.3. The molecule has 0 aromatic carbocycles. The number of thiophene rings is 1. The molecule has 0 spiro atoms. The molecule has 0 saturated carbocycles. The zero-order valence-electron chi connectivity index (χ0n) is 12.6. The van der Waals surface area contributed by atoms with E-state index in [0.717, 1.165) is 16.0 Å². The lowest BCUT2D eigenvalue weighted by molar-refractivity contribution is 0.292. The maximum atomic E-state index is 9.65. The van der Waals surface area contributed by atoms with E-state index in [0.29, 0.717) is 41.4 Å². The highest BCUT2D eigenvalue weighted by molar-refractivity contribution is 7.17. The van der Waals surface area contributed by atoms with Gasteiger partial charge in [0.25, 0.3) is 0 Å². The molecule has 3 rings (SSSR count). The minimum Gasteiger partial charge on any atom is -0.461 e. The quantitative estimate of drug-likeness (QED) is 0.621. The summed E-state index contributed by atoms with van der Waals surface area (Å²) in [5.74, 6) is 1.85. The van der Waals surface area contributed by atoms with Gasteiger partial charge in [-0.15, -0.1) is 11.3 Å². The predicted molar refractivity (Wildman–Crippen MR) is 91.4 cm³/mol. The molecule has 4 N–H and O–H groups in total. The summed E-state index contributed by atoms with van der Waals surface area (Å²) >= 11 is 1.43. The van der Waals surface area contributed by atoms with Crippen molar-refractivity contribution in [2.75, 3.05) is 24.2 Å². The van der Waals surface area contributed by atoms with Crippen LogP contribution in [0, 0.1) is 18.3 Å². The molecule has 0 bridgehead atoms. The van der Waals surface area contributed by atoms with E-state index in [1.165, 1.54) is 11.3 Å². The van der Waals surface area contributed by atoms with E-state index >= 15 is 0 Å². The average molecular weight is 328 g/mol. The van der Waals surface area contributed by atoms with Gasteiger partial charge in [0.2, 0.25) is 0 Å². The van der Waals surface area contributed by atoms with Crippen molar-refractivity contribution in [3.05, 3.63) is 28.8 Å². The first kappa shape index (κ1) is 15.3. The average Bonchev–Trinajstić information content (AvgIpc) is 3.13. The molecule has 6 nitrogen and oxygen atoms in total. The third-order valence-corrected chi connectivity index (χ3v) is 4.37. The van der Waals surface area contributed by atoms with Crippen LogP contribution in [-0.4, -0.2) is 23.2 Å². The molecule has 0 saturated heterocycles. The Kier molecular flexibility index (Phi) is 4.19. The van der Waals surface area contributed by atoms with Crippen LogP contribution in [0.4, 0.5) is 11.5 Å². The number of anilines is 2. The Hall–Kier alpha value is -2.56. The van der Waals surface area contributed by atoms with Crippen LogP contribution in [0.5, 0.6) is 0 Å². The van der Waals surface area contributed by atoms with Gasteiger partial charge in [-0.3, -0.25) is 0 Å². The number of aliphatic hydroxyl groups excluding tert-OH is 1. The number of nitriles is 1. The summed E-state index contributed by atoms with van der Waals surface area (Å²) in [7, 11) is 0. The van der Waals surface area contributed by atoms with Crippen LogP contribution in [0.1, 0.15) is 17.7 Å². The van der Waals surface area contributed by atoms with Crippen molar-refractivity contribution >= 4 is 33.1 Å². The van der Waals surface area contributed by atoms with Gasteiger partial charge >= 0.3 is 0 Å². The fourth-order valence-electron chi connectivity index (χ4n) is 2.43. The number of rotatable bonds is 5. The van der Waals surface area contributed by atoms with E-state index in [-0.39, 0.29) is 6.61 Å². The Morgan fingerprint density at radius 1 is 1.48 bits per heavy atom. The second-order valence-corrected chi connectivity index (χ2v) is 5.97. The number of nitrogen functional groups attached to an aromatic ring is 1. The van der Waals surface area contributed by atoms with Crippen LogP contribution >= 0.6 is 11.3 Å². The zero-order chi connectivity index (χ0) is 16.4. The van der Waals surface area contributed by atoms with Gasteiger partial charge in [0.1, 0.15) is 33.8 Å². The maximum Gasteiger partial charge on any atom is 0.146 e. The van der Waals surface area contributed by atoms with E-state index in [9.17, 15) is 5.26 Å². The number of nitrogens with two attached hydrogens (primary N) is 1. The number of aromatic nitrogens is 1. The van der Waals surface area contributed by atoms with Crippen LogP contribution in [0.3, 0.4) is 0 Å². The lowest BCUT2D eigenvalue weighted by atomic mass is 10.0. The zero-order valence-corrected chi connectivity index (χ0v) is 13.4. The monoisotopic (exact) mass is 328 g/mol. The molecule has 3 aromatic rings. The molecule has 118 valence electrons. The Morgan fingerprint density at radius 3 is 2.96 bits per heavy atom. The molecule has 0 unspecified atom stereocenters. The molecule has 0 amide bonds. The van der Waals surface area contributed by atoms with Crippen LogP contribution in [0.2, 0.25) is 0 Å². The number of nitrogens with zero attached hydrogens (tertiary/aromatic N) is 2. The van der Waals surface area contributed by atoms with Crippen molar-refractivity contribution in [2.45, 2.75) is 13.3 Å². The second-order valence-electron chi connectivity index (χ2n) is 5.11. The summed E-state index contributed by atoms with van der Waals surface area (Å²) in [6.45, 7) is 2.46. The van der Waals surface area contributed by atoms with E-state index in [2.05, 4.69) is 16.4 Å². The highest BCUT2D eigenvalue weighted by Crippen LogP contribution is 2.41. The molecular weight excluding hydrogens is 312 g/mol. The number of nitrogens with one attached hydrogen (secondary N) is 1. The number of furan rings is 1. The molecule has 3 heterocycles. The van der Waals surface area contributed by atoms with Crippen LogP contribution < -0.4 is 11.1 Å². The van der Waals surface area contributed by atoms with Gasteiger partial charge in [-0.05, 0) is 25.5 Å². The number of hydrogen-bond donors (Lipinski definition) is 3. The highest BCUT2D eigenvalue weighted by atomic mass is 32.1. The summed E-state index contributed by atoms with van der Waals surface area (Å²) in [6, 6.07) is 5.89. The van der Waals surface area contributed by atoms with Crippen molar-refractivity contribution in [1.82, 2.24) is 4.98 Å². The fourth-order valence-corrected chi connectivity index (χ4v) is 3.27. The number of aryl methyl sites for hydroxylation is 1. The molecule has 0 atom stereocenters. The maximum absolute atomic E-state index is 9.65. The van der Waals surface area contributed by atoms with Crippen molar-refractivity contribution in [1.29, 1.82) is 5.26 Å². The predicted octanol–water partition coefficient (Wildman–Crippen LogP) is 3.11. The van der Waals surface area contributed by atoms with Crippen LogP contribution in [0.25, 0.3) is 21.5 Å². The summed E-state index contributed by atoms with van der Waals surface area (Å²) in [4.78, 5) is 5.26. The third kappa shape index (κ3) is 2.74. The molecule has 0 aliphatic heterocycles. The van der Waals surface area contributed by atoms with Crippen LogP contribution in [0.15, 0.2) is 21.9 Å². The molecule has 0 aliphatic carbocycles. The van der Waals surface area contributed by atoms with Crippen molar-refractivity contribution < 1.29 is 9.52 Å². The Bertz CT molecular complexity index is 891. The smallest absolute Gasteiger partial charge is 0.146 e. The summed E-state index contributed by atoms with van der Waals surface area (Å²) in [5.41, 5.74) is 7.73. The largest absolute Gasteiger partial charge is 0.461 e. The van der Waals surface area contributed by atoms with Crippen molar-refractivity contribution in [3.8, 4) is 17.4 Å². The number of aliphatic hydroxyl groups is 1. The normalized spacial score (nSPS) is 10.8. The fraction of sp³-hybridized carbons (Fsp3) is 0.250. The van der Waals surface area contributed by atoms with Gasteiger partial charge in [-0.2, -0.15) is 5.26 Å². The Morgan fingerprint density at radius 2 is 2.30 bits per heavy atom. The summed E-state index contributed by atoms with van der Waals surface area (Å²) in [6.07, 6.45) is 0.576. The first-order valence-corrected chi connectivity index (χ1v) is 8.06. The van der Waals surface area contributed by atoms with Crippen molar-refractivity contribution in [3.63, 3.8) is 0 Å². The molecular formula is C16H16N4O2S. The van der Waals surface area contributed by atoms with Gasteiger partial charge in [0.05, 0.1) is 11.3 Å². The Balaban J connectivity index is 2.25. The Labute approximate surface area is 137 Å². The standard InChI is InChI=1S/C16H16N4O2S/c1-9-3-4-12(22-9)13-10(7-17)15(19-5-2-6-21)20-16-14(13)11(18)8-23-16/h3-4,8,21H,2,5-6,18H2,1H3,(H,19,20). The molecule has 0 fully saturated rings. The van der Waals surface area contributed by atoms with E-state index in [1.807, 2.05) is 24.4 Å². The topological polar surface area (TPSA) is 108 Å². The minimum atomic E-state index is 0.0767. The van der Waals surface area contributed by atoms with Gasteiger partial charge in [-0.25, -0.2) is 4.98 Å². The van der Waals surface area contributed by atoms with Gasteiger partial charge in [0, 0.05) is 23.9 Å². The van der Waals surface area contributed by atoms with Gasteiger partial charge in [0.15, 0.2) is 0 Å².